The molecule has 8 aromatic carbocycles. The van der Waals surface area contributed by atoms with Gasteiger partial charge in [-0.15, -0.1) is 0 Å². The molecule has 0 aliphatic rings. The number of fused-ring (bicyclic) bond motifs is 5. The Balaban J connectivity index is 1.14. The standard InChI is InChI=1S/C50H32N2/c1-2-13-35(14-3-1)47-27-25-36-23-24-37-26-28-48(52-50(37)49(36)51-47)39-18-8-17-38(29-39)40-30-41(45-21-9-15-33-11-4-6-19-43(33)45)32-42(31-40)46-22-10-16-34-12-5-7-20-44(34)46/h1-32H. The summed E-state index contributed by atoms with van der Waals surface area (Å²) >= 11 is 0. The monoisotopic (exact) mass is 660 g/mol. The summed E-state index contributed by atoms with van der Waals surface area (Å²) in [4.78, 5) is 10.4. The maximum absolute atomic E-state index is 5.28. The van der Waals surface area contributed by atoms with Crippen LogP contribution in [0, 0.1) is 0 Å². The minimum atomic E-state index is 0.911. The molecule has 0 radical (unpaired) electrons. The van der Waals surface area contributed by atoms with Crippen LogP contribution in [0.1, 0.15) is 0 Å². The van der Waals surface area contributed by atoms with Gasteiger partial charge in [-0.1, -0.05) is 158 Å². The summed E-state index contributed by atoms with van der Waals surface area (Å²) in [6.07, 6.45) is 0. The zero-order valence-electron chi connectivity index (χ0n) is 28.4. The van der Waals surface area contributed by atoms with Gasteiger partial charge in [-0.2, -0.15) is 0 Å². The molecule has 0 fully saturated rings. The van der Waals surface area contributed by atoms with E-state index >= 15 is 0 Å². The third kappa shape index (κ3) is 5.30. The molecule has 2 aromatic heterocycles. The highest BCUT2D eigenvalue weighted by atomic mass is 14.8. The van der Waals surface area contributed by atoms with E-state index in [2.05, 4.69) is 188 Å². The third-order valence-electron chi connectivity index (χ3n) is 10.2. The van der Waals surface area contributed by atoms with E-state index in [0.717, 1.165) is 55.4 Å². The summed E-state index contributed by atoms with van der Waals surface area (Å²) < 4.78 is 0. The lowest BCUT2D eigenvalue weighted by Gasteiger charge is -2.15. The molecule has 0 aliphatic carbocycles. The number of nitrogens with zero attached hydrogens (tertiary/aromatic N) is 2. The van der Waals surface area contributed by atoms with Gasteiger partial charge in [-0.3, -0.25) is 0 Å². The van der Waals surface area contributed by atoms with Crippen molar-refractivity contribution in [1.82, 2.24) is 9.97 Å². The van der Waals surface area contributed by atoms with Crippen molar-refractivity contribution in [3.05, 3.63) is 194 Å². The summed E-state index contributed by atoms with van der Waals surface area (Å²) in [7, 11) is 0. The molecule has 0 N–H and O–H groups in total. The Kier molecular flexibility index (Phi) is 7.18. The van der Waals surface area contributed by atoms with Gasteiger partial charge >= 0.3 is 0 Å². The minimum Gasteiger partial charge on any atom is -0.245 e. The average molecular weight is 661 g/mol. The number of hydrogen-bond acceptors (Lipinski definition) is 2. The van der Waals surface area contributed by atoms with Crippen LogP contribution in [-0.2, 0) is 0 Å². The summed E-state index contributed by atoms with van der Waals surface area (Å²) in [5.41, 5.74) is 13.0. The van der Waals surface area contributed by atoms with E-state index in [9.17, 15) is 0 Å². The molecule has 52 heavy (non-hydrogen) atoms. The van der Waals surface area contributed by atoms with Crippen LogP contribution < -0.4 is 0 Å². The normalized spacial score (nSPS) is 11.5. The SMILES string of the molecule is c1ccc(-c2ccc3ccc4ccc(-c5cccc(-c6cc(-c7cccc8ccccc78)cc(-c7cccc8ccccc78)c6)c5)nc4c3n2)cc1. The van der Waals surface area contributed by atoms with Crippen LogP contribution in [0.4, 0.5) is 0 Å². The smallest absolute Gasteiger partial charge is 0.0972 e. The van der Waals surface area contributed by atoms with Gasteiger partial charge in [0.25, 0.3) is 0 Å². The predicted octanol–water partition coefficient (Wildman–Crippen LogP) is 13.4. The highest BCUT2D eigenvalue weighted by Crippen LogP contribution is 2.39. The van der Waals surface area contributed by atoms with Crippen molar-refractivity contribution in [3.8, 4) is 55.9 Å². The molecule has 0 bridgehead atoms. The fourth-order valence-corrected chi connectivity index (χ4v) is 7.62. The summed E-state index contributed by atoms with van der Waals surface area (Å²) in [5.74, 6) is 0. The Labute approximate surface area is 302 Å². The molecule has 2 heterocycles. The molecule has 0 atom stereocenters. The van der Waals surface area contributed by atoms with E-state index in [1.54, 1.807) is 0 Å². The number of benzene rings is 8. The number of pyridine rings is 2. The molecule has 10 aromatic rings. The summed E-state index contributed by atoms with van der Waals surface area (Å²) in [5, 5.41) is 7.12. The van der Waals surface area contributed by atoms with Crippen LogP contribution in [-0.4, -0.2) is 9.97 Å². The van der Waals surface area contributed by atoms with Crippen LogP contribution in [0.2, 0.25) is 0 Å². The van der Waals surface area contributed by atoms with E-state index in [1.807, 2.05) is 6.07 Å². The van der Waals surface area contributed by atoms with E-state index in [4.69, 9.17) is 9.97 Å². The predicted molar refractivity (Wildman–Crippen MR) is 219 cm³/mol. The van der Waals surface area contributed by atoms with Crippen LogP contribution in [0.15, 0.2) is 194 Å². The van der Waals surface area contributed by atoms with Crippen molar-refractivity contribution in [2.75, 3.05) is 0 Å². The molecule has 242 valence electrons. The summed E-state index contributed by atoms with van der Waals surface area (Å²) in [6, 6.07) is 69.5. The molecule has 0 saturated carbocycles. The van der Waals surface area contributed by atoms with Crippen molar-refractivity contribution < 1.29 is 0 Å². The number of aromatic nitrogens is 2. The van der Waals surface area contributed by atoms with E-state index in [0.29, 0.717) is 0 Å². The fourth-order valence-electron chi connectivity index (χ4n) is 7.62. The van der Waals surface area contributed by atoms with Crippen LogP contribution in [0.3, 0.4) is 0 Å². The van der Waals surface area contributed by atoms with Gasteiger partial charge in [0.1, 0.15) is 0 Å². The van der Waals surface area contributed by atoms with Crippen molar-refractivity contribution in [1.29, 1.82) is 0 Å². The maximum Gasteiger partial charge on any atom is 0.0972 e. The van der Waals surface area contributed by atoms with Crippen LogP contribution in [0.5, 0.6) is 0 Å². The number of rotatable bonds is 5. The molecule has 0 aliphatic heterocycles. The summed E-state index contributed by atoms with van der Waals surface area (Å²) in [6.45, 7) is 0. The van der Waals surface area contributed by atoms with E-state index in [-0.39, 0.29) is 0 Å². The molecule has 0 unspecified atom stereocenters. The van der Waals surface area contributed by atoms with Gasteiger partial charge in [-0.25, -0.2) is 9.97 Å². The highest BCUT2D eigenvalue weighted by molar-refractivity contribution is 6.05. The lowest BCUT2D eigenvalue weighted by molar-refractivity contribution is 1.36. The van der Waals surface area contributed by atoms with Crippen LogP contribution in [0.25, 0.3) is 99.2 Å². The van der Waals surface area contributed by atoms with Gasteiger partial charge in [0.15, 0.2) is 0 Å². The lowest BCUT2D eigenvalue weighted by Crippen LogP contribution is -1.91. The second kappa shape index (κ2) is 12.5. The first-order valence-corrected chi connectivity index (χ1v) is 17.7. The van der Waals surface area contributed by atoms with Gasteiger partial charge in [0.05, 0.1) is 22.4 Å². The van der Waals surface area contributed by atoms with Crippen molar-refractivity contribution in [2.24, 2.45) is 0 Å². The Bertz CT molecular complexity index is 2850. The Morgan fingerprint density at radius 2 is 0.673 bits per heavy atom. The molecular formula is C50H32N2. The van der Waals surface area contributed by atoms with Gasteiger partial charge in [0.2, 0.25) is 0 Å². The first-order valence-electron chi connectivity index (χ1n) is 17.7. The first kappa shape index (κ1) is 30.0. The first-order chi connectivity index (χ1) is 25.7. The zero-order valence-corrected chi connectivity index (χ0v) is 28.4. The third-order valence-corrected chi connectivity index (χ3v) is 10.2. The molecule has 2 nitrogen and oxygen atoms in total. The van der Waals surface area contributed by atoms with E-state index in [1.165, 1.54) is 43.8 Å². The largest absolute Gasteiger partial charge is 0.245 e. The second-order valence-electron chi connectivity index (χ2n) is 13.4. The Hall–Kier alpha value is -6.90. The molecule has 0 spiro atoms. The Morgan fingerprint density at radius 3 is 1.29 bits per heavy atom. The van der Waals surface area contributed by atoms with Gasteiger partial charge in [-0.05, 0) is 91.3 Å². The molecule has 0 amide bonds. The molecule has 0 saturated heterocycles. The highest BCUT2D eigenvalue weighted by Gasteiger charge is 2.14. The van der Waals surface area contributed by atoms with Gasteiger partial charge in [0, 0.05) is 21.9 Å². The molecule has 10 rings (SSSR count). The molecule has 2 heteroatoms. The number of hydrogen-bond donors (Lipinski definition) is 0. The van der Waals surface area contributed by atoms with E-state index < -0.39 is 0 Å². The second-order valence-corrected chi connectivity index (χ2v) is 13.4. The van der Waals surface area contributed by atoms with Crippen molar-refractivity contribution in [2.45, 2.75) is 0 Å². The fraction of sp³-hybridized carbons (Fsp3) is 0. The minimum absolute atomic E-state index is 0.911. The van der Waals surface area contributed by atoms with Crippen LogP contribution >= 0.6 is 0 Å². The van der Waals surface area contributed by atoms with Crippen molar-refractivity contribution in [3.63, 3.8) is 0 Å². The lowest BCUT2D eigenvalue weighted by atomic mass is 9.89. The Morgan fingerprint density at radius 1 is 0.250 bits per heavy atom. The zero-order chi connectivity index (χ0) is 34.4. The quantitative estimate of drug-likeness (QED) is 0.172. The van der Waals surface area contributed by atoms with Crippen molar-refractivity contribution >= 4 is 43.4 Å². The molecular weight excluding hydrogens is 629 g/mol. The average Bonchev–Trinajstić information content (AvgIpc) is 3.23. The van der Waals surface area contributed by atoms with Gasteiger partial charge < -0.3 is 0 Å². The maximum atomic E-state index is 5.28. The topological polar surface area (TPSA) is 25.8 Å².